The van der Waals surface area contributed by atoms with E-state index in [0.717, 1.165) is 22.7 Å². The summed E-state index contributed by atoms with van der Waals surface area (Å²) in [5.41, 5.74) is 17.7. The molecule has 0 N–H and O–H groups in total. The second kappa shape index (κ2) is 18.5. The fourth-order valence-corrected chi connectivity index (χ4v) is 20.8. The zero-order valence-electron chi connectivity index (χ0n) is 46.5. The van der Waals surface area contributed by atoms with Gasteiger partial charge in [-0.3, -0.25) is 0 Å². The highest BCUT2D eigenvalue weighted by molar-refractivity contribution is 7.05. The fraction of sp³-hybridized carbons (Fsp3) is 0.0513. The highest BCUT2D eigenvalue weighted by Gasteiger charge is 2.43. The van der Waals surface area contributed by atoms with E-state index in [9.17, 15) is 0 Å². The van der Waals surface area contributed by atoms with E-state index in [0.29, 0.717) is 0 Å². The number of hydrogen-bond acceptors (Lipinski definition) is 2. The lowest BCUT2D eigenvalue weighted by molar-refractivity contribution is 1.31. The number of anilines is 6. The summed E-state index contributed by atoms with van der Waals surface area (Å²) < 4.78 is 0. The average molecular weight is 1080 g/mol. The van der Waals surface area contributed by atoms with Crippen LogP contribution in [0.1, 0.15) is 0 Å². The molecule has 0 aromatic heterocycles. The summed E-state index contributed by atoms with van der Waals surface area (Å²) in [4.78, 5) is 4.90. The van der Waals surface area contributed by atoms with Gasteiger partial charge in [0, 0.05) is 44.3 Å². The maximum atomic E-state index is 2.66. The molecule has 0 atom stereocenters. The van der Waals surface area contributed by atoms with Crippen molar-refractivity contribution in [2.45, 2.75) is 26.2 Å². The van der Waals surface area contributed by atoms with Crippen LogP contribution in [0.15, 0.2) is 279 Å². The van der Waals surface area contributed by atoms with Gasteiger partial charge in [-0.15, -0.1) is 0 Å². The van der Waals surface area contributed by atoms with Crippen molar-refractivity contribution in [2.75, 3.05) is 9.80 Å². The Bertz CT molecular complexity index is 4720. The Morgan fingerprint density at radius 1 is 0.232 bits per heavy atom. The molecule has 2 nitrogen and oxygen atoms in total. The third-order valence-electron chi connectivity index (χ3n) is 18.3. The van der Waals surface area contributed by atoms with Crippen LogP contribution in [0.25, 0.3) is 98.4 Å². The van der Waals surface area contributed by atoms with E-state index >= 15 is 0 Å². The topological polar surface area (TPSA) is 6.48 Å². The van der Waals surface area contributed by atoms with Gasteiger partial charge in [0.1, 0.15) is 16.1 Å². The molecule has 0 unspecified atom stereocenters. The lowest BCUT2D eigenvalue weighted by Gasteiger charge is -2.35. The van der Waals surface area contributed by atoms with Gasteiger partial charge in [-0.25, -0.2) is 0 Å². The zero-order chi connectivity index (χ0) is 54.8. The first-order valence-electron chi connectivity index (χ1n) is 28.8. The third kappa shape index (κ3) is 7.11. The predicted molar refractivity (Wildman–Crippen MR) is 359 cm³/mol. The van der Waals surface area contributed by atoms with Crippen LogP contribution in [-0.4, -0.2) is 16.1 Å². The minimum Gasteiger partial charge on any atom is -0.309 e. The van der Waals surface area contributed by atoms with E-state index in [1.165, 1.54) is 130 Å². The summed E-state index contributed by atoms with van der Waals surface area (Å²) in [6.45, 7) is 10.4. The molecule has 4 heteroatoms. The first-order valence-corrected chi connectivity index (χ1v) is 34.8. The molecule has 0 saturated heterocycles. The van der Waals surface area contributed by atoms with Crippen molar-refractivity contribution in [3.8, 4) is 44.5 Å². The normalized spacial score (nSPS) is 13.6. The van der Waals surface area contributed by atoms with Crippen LogP contribution in [0.2, 0.25) is 26.2 Å². The van der Waals surface area contributed by atoms with Crippen molar-refractivity contribution in [1.82, 2.24) is 0 Å². The molecule has 0 aliphatic carbocycles. The van der Waals surface area contributed by atoms with Gasteiger partial charge in [0.2, 0.25) is 0 Å². The maximum Gasteiger partial charge on any atom is 0.113 e. The minimum absolute atomic E-state index is 1.13. The van der Waals surface area contributed by atoms with Gasteiger partial charge in [0.25, 0.3) is 0 Å². The van der Waals surface area contributed by atoms with E-state index in [-0.39, 0.29) is 0 Å². The van der Waals surface area contributed by atoms with Crippen molar-refractivity contribution in [1.29, 1.82) is 0 Å². The Balaban J connectivity index is 0.863. The molecular weight excluding hydrogens is 1020 g/mol. The minimum atomic E-state index is -2.30. The van der Waals surface area contributed by atoms with E-state index < -0.39 is 16.1 Å². The van der Waals surface area contributed by atoms with Crippen molar-refractivity contribution < 1.29 is 0 Å². The Labute approximate surface area is 481 Å². The number of para-hydroxylation sites is 4. The molecule has 0 spiro atoms. The standard InChI is InChI=1S/C78H58N2Si2/c1-81(2)69-43-25-42-67-75-66-47-45-52(74-60-36-19-23-40-64(60)78(65-41-24-20-37-61(65)74)80(55-30-13-7-14-31-55)56-32-15-8-16-33-56)49-71(66)82(3,4)72(75)50-68(76(67)69)57-46-44-51(48-70(57)81)73-58-34-17-21-38-62(58)77(63-39-22-18-35-59(63)73)79(53-26-9-5-10-27-53)54-28-11-6-12-29-54/h5-50H,1-4H3. The van der Waals surface area contributed by atoms with Gasteiger partial charge in [0.05, 0.1) is 11.4 Å². The molecule has 0 saturated carbocycles. The van der Waals surface area contributed by atoms with Crippen molar-refractivity contribution >= 4 is 125 Å². The maximum absolute atomic E-state index is 2.66. The van der Waals surface area contributed by atoms with Crippen molar-refractivity contribution in [3.05, 3.63) is 279 Å². The van der Waals surface area contributed by atoms with Gasteiger partial charge in [-0.1, -0.05) is 257 Å². The number of fused-ring (bicyclic) bond motifs is 10. The van der Waals surface area contributed by atoms with Crippen LogP contribution >= 0.6 is 0 Å². The first-order chi connectivity index (χ1) is 40.3. The van der Waals surface area contributed by atoms with Crippen LogP contribution in [0, 0.1) is 0 Å². The largest absolute Gasteiger partial charge is 0.309 e. The SMILES string of the molecule is C[Si]1(C)c2cc(-c3c4ccccc4c(N(c4ccccc4)c4ccccc4)c4ccccc34)ccc2-c2c1cc1c3c(cccc23)[Si](C)(C)c2cc(-c3c4ccccc4c(N(c4ccccc4)c4ccccc4)c4ccccc34)ccc2-1. The lowest BCUT2D eigenvalue weighted by atomic mass is 9.87. The van der Waals surface area contributed by atoms with E-state index in [1.807, 2.05) is 0 Å². The molecule has 0 fully saturated rings. The molecular formula is C78H58N2Si2. The van der Waals surface area contributed by atoms with Gasteiger partial charge in [-0.2, -0.15) is 0 Å². The van der Waals surface area contributed by atoms with E-state index in [1.54, 1.807) is 0 Å². The monoisotopic (exact) mass is 1080 g/mol. The third-order valence-corrected chi connectivity index (χ3v) is 25.4. The molecule has 2 heterocycles. The number of rotatable bonds is 8. The van der Waals surface area contributed by atoms with Crippen LogP contribution in [0.5, 0.6) is 0 Å². The van der Waals surface area contributed by atoms with Gasteiger partial charge in [0.15, 0.2) is 0 Å². The predicted octanol–water partition coefficient (Wildman–Crippen LogP) is 19.3. The molecule has 0 amide bonds. The summed E-state index contributed by atoms with van der Waals surface area (Å²) in [6.07, 6.45) is 0. The van der Waals surface area contributed by atoms with Crippen LogP contribution in [0.4, 0.5) is 34.1 Å². The molecule has 16 rings (SSSR count). The van der Waals surface area contributed by atoms with Crippen LogP contribution in [0.3, 0.4) is 0 Å². The average Bonchev–Trinajstić information content (AvgIpc) is 2.39. The highest BCUT2D eigenvalue weighted by atomic mass is 28.3. The first kappa shape index (κ1) is 48.3. The van der Waals surface area contributed by atoms with Crippen molar-refractivity contribution in [2.24, 2.45) is 0 Å². The van der Waals surface area contributed by atoms with Crippen LogP contribution in [-0.2, 0) is 0 Å². The second-order valence-corrected chi connectivity index (χ2v) is 32.1. The van der Waals surface area contributed by atoms with Gasteiger partial charge in [-0.05, 0) is 146 Å². The van der Waals surface area contributed by atoms with E-state index in [2.05, 4.69) is 315 Å². The summed E-state index contributed by atoms with van der Waals surface area (Å²) in [5.74, 6) is 0. The van der Waals surface area contributed by atoms with Crippen molar-refractivity contribution in [3.63, 3.8) is 0 Å². The Kier molecular flexibility index (Phi) is 10.9. The fourth-order valence-electron chi connectivity index (χ4n) is 14.6. The molecule has 2 aliphatic rings. The Morgan fingerprint density at radius 2 is 0.561 bits per heavy atom. The number of nitrogens with zero attached hydrogens (tertiary/aromatic N) is 2. The summed E-state index contributed by atoms with van der Waals surface area (Å²) >= 11 is 0. The van der Waals surface area contributed by atoms with Gasteiger partial charge < -0.3 is 9.80 Å². The summed E-state index contributed by atoms with van der Waals surface area (Å²) in [7, 11) is -4.60. The molecule has 14 aromatic rings. The van der Waals surface area contributed by atoms with Gasteiger partial charge >= 0.3 is 0 Å². The Hall–Kier alpha value is -9.59. The zero-order valence-corrected chi connectivity index (χ0v) is 48.5. The highest BCUT2D eigenvalue weighted by Crippen LogP contribution is 2.51. The molecule has 2 aliphatic heterocycles. The second-order valence-electron chi connectivity index (χ2n) is 23.5. The molecule has 388 valence electrons. The summed E-state index contributed by atoms with van der Waals surface area (Å²) in [5, 5.41) is 18.9. The van der Waals surface area contributed by atoms with E-state index in [4.69, 9.17) is 0 Å². The summed E-state index contributed by atoms with van der Waals surface area (Å²) in [6, 6.07) is 105. The molecule has 82 heavy (non-hydrogen) atoms. The van der Waals surface area contributed by atoms with Crippen LogP contribution < -0.4 is 30.5 Å². The number of benzene rings is 14. The smallest absolute Gasteiger partial charge is 0.113 e. The lowest BCUT2D eigenvalue weighted by Crippen LogP contribution is -2.56. The number of hydrogen-bond donors (Lipinski definition) is 0. The Morgan fingerprint density at radius 3 is 0.963 bits per heavy atom. The molecule has 14 aromatic carbocycles. The molecule has 0 radical (unpaired) electrons. The molecule has 0 bridgehead atoms. The quantitative estimate of drug-likeness (QED) is 0.111.